The highest BCUT2D eigenvalue weighted by molar-refractivity contribution is 5.79. The first-order valence-corrected chi connectivity index (χ1v) is 9.74. The lowest BCUT2D eigenvalue weighted by Gasteiger charge is -2.26. The summed E-state index contributed by atoms with van der Waals surface area (Å²) in [5, 5.41) is 6.73. The number of likely N-dealkylation sites (N-methyl/N-ethyl adjacent to an activating group) is 1. The van der Waals surface area contributed by atoms with Gasteiger partial charge < -0.3 is 20.3 Å². The zero-order chi connectivity index (χ0) is 21.3. The summed E-state index contributed by atoms with van der Waals surface area (Å²) in [4.78, 5) is 17.5. The van der Waals surface area contributed by atoms with Crippen LogP contribution in [0.5, 0.6) is 5.75 Å². The van der Waals surface area contributed by atoms with Gasteiger partial charge in [-0.15, -0.1) is 0 Å². The van der Waals surface area contributed by atoms with Crippen LogP contribution in [-0.2, 0) is 16.8 Å². The molecule has 2 aromatic carbocycles. The molecule has 0 aliphatic carbocycles. The Kier molecular flexibility index (Phi) is 8.07. The number of guanidine groups is 1. The second-order valence-electron chi connectivity index (χ2n) is 7.75. The lowest BCUT2D eigenvalue weighted by Crippen LogP contribution is -2.43. The Morgan fingerprint density at radius 1 is 1.07 bits per heavy atom. The van der Waals surface area contributed by atoms with E-state index in [0.29, 0.717) is 12.3 Å². The third-order valence-corrected chi connectivity index (χ3v) is 4.70. The fourth-order valence-electron chi connectivity index (χ4n) is 2.72. The standard InChI is InChI=1S/C23H32N4O2/c1-23(2,19-11-7-6-8-12-19)17-26-22(24-3)25-15-18-10-9-13-20(14-18)29-16-21(28)27(4)5/h6-14H,15-17H2,1-5H3,(H2,24,25,26). The van der Waals surface area contributed by atoms with E-state index in [2.05, 4.69) is 53.7 Å². The molecule has 29 heavy (non-hydrogen) atoms. The van der Waals surface area contributed by atoms with Crippen LogP contribution in [0.2, 0.25) is 0 Å². The molecule has 0 unspecified atom stereocenters. The number of hydrogen-bond donors (Lipinski definition) is 2. The van der Waals surface area contributed by atoms with Crippen molar-refractivity contribution in [2.75, 3.05) is 34.3 Å². The molecular weight excluding hydrogens is 364 g/mol. The molecule has 0 saturated heterocycles. The van der Waals surface area contributed by atoms with Gasteiger partial charge in [-0.3, -0.25) is 9.79 Å². The number of amides is 1. The summed E-state index contributed by atoms with van der Waals surface area (Å²) >= 11 is 0. The molecule has 2 aromatic rings. The van der Waals surface area contributed by atoms with Crippen LogP contribution in [0.3, 0.4) is 0 Å². The maximum absolute atomic E-state index is 11.7. The normalized spacial score (nSPS) is 11.7. The first-order valence-electron chi connectivity index (χ1n) is 9.74. The van der Waals surface area contributed by atoms with Crippen LogP contribution in [0.1, 0.15) is 25.0 Å². The van der Waals surface area contributed by atoms with Crippen molar-refractivity contribution in [1.82, 2.24) is 15.5 Å². The minimum atomic E-state index is -0.0702. The van der Waals surface area contributed by atoms with Crippen molar-refractivity contribution in [2.45, 2.75) is 25.8 Å². The Morgan fingerprint density at radius 2 is 1.79 bits per heavy atom. The molecule has 0 heterocycles. The van der Waals surface area contributed by atoms with E-state index in [0.717, 1.165) is 18.1 Å². The molecule has 0 radical (unpaired) electrons. The lowest BCUT2D eigenvalue weighted by molar-refractivity contribution is -0.130. The largest absolute Gasteiger partial charge is 0.484 e. The number of carbonyl (C=O) groups is 1. The summed E-state index contributed by atoms with van der Waals surface area (Å²) in [6.45, 7) is 5.80. The number of aliphatic imine (C=N–C) groups is 1. The number of nitrogens with zero attached hydrogens (tertiary/aromatic N) is 2. The van der Waals surface area contributed by atoms with Crippen molar-refractivity contribution in [1.29, 1.82) is 0 Å². The summed E-state index contributed by atoms with van der Waals surface area (Å²) < 4.78 is 5.58. The van der Waals surface area contributed by atoms with Crippen molar-refractivity contribution < 1.29 is 9.53 Å². The third-order valence-electron chi connectivity index (χ3n) is 4.70. The summed E-state index contributed by atoms with van der Waals surface area (Å²) in [5.74, 6) is 1.34. The van der Waals surface area contributed by atoms with Gasteiger partial charge in [-0.2, -0.15) is 0 Å². The van der Waals surface area contributed by atoms with Gasteiger partial charge in [-0.05, 0) is 23.3 Å². The topological polar surface area (TPSA) is 66.0 Å². The molecule has 0 spiro atoms. The van der Waals surface area contributed by atoms with Crippen molar-refractivity contribution in [3.63, 3.8) is 0 Å². The van der Waals surface area contributed by atoms with Gasteiger partial charge in [0.2, 0.25) is 0 Å². The van der Waals surface area contributed by atoms with Crippen LogP contribution in [0.4, 0.5) is 0 Å². The number of carbonyl (C=O) groups excluding carboxylic acids is 1. The van der Waals surface area contributed by atoms with Gasteiger partial charge in [-0.1, -0.05) is 56.3 Å². The zero-order valence-electron chi connectivity index (χ0n) is 18.0. The van der Waals surface area contributed by atoms with Crippen LogP contribution in [0.25, 0.3) is 0 Å². The molecule has 156 valence electrons. The molecule has 6 heteroatoms. The summed E-state index contributed by atoms with van der Waals surface area (Å²) in [6.07, 6.45) is 0. The highest BCUT2D eigenvalue weighted by Crippen LogP contribution is 2.21. The van der Waals surface area contributed by atoms with E-state index in [1.54, 1.807) is 21.1 Å². The number of hydrogen-bond acceptors (Lipinski definition) is 3. The highest BCUT2D eigenvalue weighted by atomic mass is 16.5. The van der Waals surface area contributed by atoms with Gasteiger partial charge in [0.15, 0.2) is 12.6 Å². The Hall–Kier alpha value is -3.02. The van der Waals surface area contributed by atoms with Crippen LogP contribution in [0, 0.1) is 0 Å². The summed E-state index contributed by atoms with van der Waals surface area (Å²) in [6, 6.07) is 18.1. The maximum atomic E-state index is 11.7. The molecule has 0 bridgehead atoms. The SMILES string of the molecule is CN=C(NCc1cccc(OCC(=O)N(C)C)c1)NCC(C)(C)c1ccccc1. The average molecular weight is 397 g/mol. The van der Waals surface area contributed by atoms with Gasteiger partial charge in [0.05, 0.1) is 0 Å². The Labute approximate surface area is 174 Å². The molecule has 0 atom stereocenters. The minimum absolute atomic E-state index is 0.0222. The van der Waals surface area contributed by atoms with E-state index in [9.17, 15) is 4.79 Å². The Balaban J connectivity index is 1.87. The molecule has 6 nitrogen and oxygen atoms in total. The molecule has 0 fully saturated rings. The predicted octanol–water partition coefficient (Wildman–Crippen LogP) is 2.80. The van der Waals surface area contributed by atoms with Gasteiger partial charge in [-0.25, -0.2) is 0 Å². The highest BCUT2D eigenvalue weighted by Gasteiger charge is 2.20. The van der Waals surface area contributed by atoms with E-state index in [4.69, 9.17) is 4.74 Å². The van der Waals surface area contributed by atoms with Gasteiger partial charge in [0.25, 0.3) is 5.91 Å². The number of ether oxygens (including phenoxy) is 1. The monoisotopic (exact) mass is 396 g/mol. The first kappa shape index (κ1) is 22.3. The third kappa shape index (κ3) is 7.14. The predicted molar refractivity (Wildman–Crippen MR) is 118 cm³/mol. The van der Waals surface area contributed by atoms with Crippen LogP contribution in [-0.4, -0.2) is 51.1 Å². The summed E-state index contributed by atoms with van der Waals surface area (Å²) in [5.41, 5.74) is 2.30. The van der Waals surface area contributed by atoms with Gasteiger partial charge >= 0.3 is 0 Å². The van der Waals surface area contributed by atoms with E-state index >= 15 is 0 Å². The summed E-state index contributed by atoms with van der Waals surface area (Å²) in [7, 11) is 5.19. The number of benzene rings is 2. The zero-order valence-corrected chi connectivity index (χ0v) is 18.0. The fourth-order valence-corrected chi connectivity index (χ4v) is 2.72. The number of nitrogens with one attached hydrogen (secondary N) is 2. The van der Waals surface area contributed by atoms with Gasteiger partial charge in [0, 0.05) is 39.6 Å². The quantitative estimate of drug-likeness (QED) is 0.532. The fraction of sp³-hybridized carbons (Fsp3) is 0.391. The van der Waals surface area contributed by atoms with E-state index < -0.39 is 0 Å². The number of rotatable bonds is 8. The Morgan fingerprint density at radius 3 is 2.45 bits per heavy atom. The van der Waals surface area contributed by atoms with Crippen molar-refractivity contribution in [2.24, 2.45) is 4.99 Å². The second-order valence-corrected chi connectivity index (χ2v) is 7.75. The molecule has 1 amide bonds. The van der Waals surface area contributed by atoms with Crippen molar-refractivity contribution in [3.05, 3.63) is 65.7 Å². The van der Waals surface area contributed by atoms with Crippen LogP contribution < -0.4 is 15.4 Å². The first-order chi connectivity index (χ1) is 13.8. The molecule has 2 rings (SSSR count). The van der Waals surface area contributed by atoms with Crippen molar-refractivity contribution in [3.8, 4) is 5.75 Å². The molecule has 2 N–H and O–H groups in total. The average Bonchev–Trinajstić information content (AvgIpc) is 2.73. The molecule has 0 aliphatic rings. The molecule has 0 aliphatic heterocycles. The van der Waals surface area contributed by atoms with Crippen molar-refractivity contribution >= 4 is 11.9 Å². The molecule has 0 aromatic heterocycles. The smallest absolute Gasteiger partial charge is 0.259 e. The molecule has 0 saturated carbocycles. The van der Waals surface area contributed by atoms with E-state index in [1.165, 1.54) is 10.5 Å². The molecular formula is C23H32N4O2. The Bertz CT molecular complexity index is 817. The van der Waals surface area contributed by atoms with E-state index in [-0.39, 0.29) is 17.9 Å². The van der Waals surface area contributed by atoms with Gasteiger partial charge in [0.1, 0.15) is 5.75 Å². The van der Waals surface area contributed by atoms with Crippen LogP contribution in [0.15, 0.2) is 59.6 Å². The lowest BCUT2D eigenvalue weighted by atomic mass is 9.85. The van der Waals surface area contributed by atoms with E-state index in [1.807, 2.05) is 30.3 Å². The van der Waals surface area contributed by atoms with Crippen LogP contribution >= 0.6 is 0 Å². The minimum Gasteiger partial charge on any atom is -0.484 e. The maximum Gasteiger partial charge on any atom is 0.259 e. The second kappa shape index (κ2) is 10.5.